The second-order valence-electron chi connectivity index (χ2n) is 3.55. The van der Waals surface area contributed by atoms with E-state index in [0.29, 0.717) is 5.69 Å². The molecule has 0 aliphatic carbocycles. The summed E-state index contributed by atoms with van der Waals surface area (Å²) < 4.78 is 27.5. The number of aromatic nitrogens is 3. The summed E-state index contributed by atoms with van der Waals surface area (Å²) in [5.74, 6) is -0.0659. The summed E-state index contributed by atoms with van der Waals surface area (Å²) in [5, 5.41) is 5.31. The van der Waals surface area contributed by atoms with E-state index in [9.17, 15) is 13.2 Å². The standard InChI is InChI=1S/C8H11N5O3S2/c1-13-3-6(7(9)12-13)18(15,16)10-2-5-4-17-8(14)11-5/h3-4,10H,2H2,1H3,(H2,9,12)(H,11,14). The van der Waals surface area contributed by atoms with E-state index in [1.165, 1.54) is 10.9 Å². The van der Waals surface area contributed by atoms with E-state index in [4.69, 9.17) is 5.73 Å². The van der Waals surface area contributed by atoms with Crippen molar-refractivity contribution in [2.24, 2.45) is 7.05 Å². The second kappa shape index (κ2) is 4.55. The van der Waals surface area contributed by atoms with E-state index in [2.05, 4.69) is 14.8 Å². The third kappa shape index (κ3) is 2.60. The largest absolute Gasteiger partial charge is 0.381 e. The van der Waals surface area contributed by atoms with Gasteiger partial charge >= 0.3 is 4.87 Å². The highest BCUT2D eigenvalue weighted by molar-refractivity contribution is 7.89. The van der Waals surface area contributed by atoms with Gasteiger partial charge in [0.15, 0.2) is 5.82 Å². The summed E-state index contributed by atoms with van der Waals surface area (Å²) in [6, 6.07) is 0. The van der Waals surface area contributed by atoms with Crippen LogP contribution < -0.4 is 15.3 Å². The van der Waals surface area contributed by atoms with Crippen LogP contribution in [-0.2, 0) is 23.6 Å². The first kappa shape index (κ1) is 12.8. The molecule has 0 radical (unpaired) electrons. The van der Waals surface area contributed by atoms with Crippen molar-refractivity contribution in [1.29, 1.82) is 0 Å². The number of nitrogens with one attached hydrogen (secondary N) is 2. The van der Waals surface area contributed by atoms with Gasteiger partial charge in [0, 0.05) is 24.3 Å². The zero-order valence-electron chi connectivity index (χ0n) is 9.37. The van der Waals surface area contributed by atoms with E-state index >= 15 is 0 Å². The van der Waals surface area contributed by atoms with Gasteiger partial charge in [0.25, 0.3) is 0 Å². The fraction of sp³-hybridized carbons (Fsp3) is 0.250. The fourth-order valence-corrected chi connectivity index (χ4v) is 3.03. The van der Waals surface area contributed by atoms with Crippen LogP contribution in [0.15, 0.2) is 21.3 Å². The zero-order valence-corrected chi connectivity index (χ0v) is 11.0. The van der Waals surface area contributed by atoms with E-state index in [0.717, 1.165) is 11.3 Å². The summed E-state index contributed by atoms with van der Waals surface area (Å²) in [4.78, 5) is 13.1. The minimum atomic E-state index is -3.73. The normalized spacial score (nSPS) is 11.8. The van der Waals surface area contributed by atoms with Crippen LogP contribution in [0.1, 0.15) is 5.69 Å². The van der Waals surface area contributed by atoms with E-state index in [-0.39, 0.29) is 22.1 Å². The highest BCUT2D eigenvalue weighted by Crippen LogP contribution is 2.15. The van der Waals surface area contributed by atoms with Gasteiger partial charge in [0.2, 0.25) is 10.0 Å². The molecular formula is C8H11N5O3S2. The van der Waals surface area contributed by atoms with Crippen LogP contribution in [0.25, 0.3) is 0 Å². The van der Waals surface area contributed by atoms with Crippen LogP contribution in [0, 0.1) is 0 Å². The Morgan fingerprint density at radius 1 is 1.61 bits per heavy atom. The molecular weight excluding hydrogens is 278 g/mol. The Labute approximate surface area is 106 Å². The molecule has 0 aromatic carbocycles. The molecule has 2 rings (SSSR count). The summed E-state index contributed by atoms with van der Waals surface area (Å²) >= 11 is 0.971. The molecule has 0 amide bonds. The number of hydrogen-bond donors (Lipinski definition) is 3. The number of sulfonamides is 1. The van der Waals surface area contributed by atoms with Crippen molar-refractivity contribution in [1.82, 2.24) is 19.5 Å². The molecule has 10 heteroatoms. The number of thiazole rings is 1. The molecule has 2 heterocycles. The maximum absolute atomic E-state index is 11.9. The Kier molecular flexibility index (Phi) is 3.24. The van der Waals surface area contributed by atoms with Gasteiger partial charge < -0.3 is 10.7 Å². The molecule has 0 atom stereocenters. The van der Waals surface area contributed by atoms with Crippen LogP contribution in [-0.4, -0.2) is 23.2 Å². The number of H-pyrrole nitrogens is 1. The van der Waals surface area contributed by atoms with E-state index < -0.39 is 10.0 Å². The molecule has 2 aromatic rings. The van der Waals surface area contributed by atoms with Crippen molar-refractivity contribution in [3.8, 4) is 0 Å². The van der Waals surface area contributed by atoms with Crippen molar-refractivity contribution in [2.45, 2.75) is 11.4 Å². The molecule has 8 nitrogen and oxygen atoms in total. The predicted octanol–water partition coefficient (Wildman–Crippen LogP) is -0.769. The molecule has 18 heavy (non-hydrogen) atoms. The quantitative estimate of drug-likeness (QED) is 0.682. The van der Waals surface area contributed by atoms with Crippen LogP contribution in [0.4, 0.5) is 5.82 Å². The lowest BCUT2D eigenvalue weighted by atomic mass is 10.5. The smallest absolute Gasteiger partial charge is 0.304 e. The third-order valence-corrected chi connectivity index (χ3v) is 4.27. The molecule has 4 N–H and O–H groups in total. The van der Waals surface area contributed by atoms with Gasteiger partial charge in [0.05, 0.1) is 6.54 Å². The maximum atomic E-state index is 11.9. The number of hydrogen-bond acceptors (Lipinski definition) is 6. The topological polar surface area (TPSA) is 123 Å². The molecule has 0 bridgehead atoms. The minimum absolute atomic E-state index is 0.00456. The highest BCUT2D eigenvalue weighted by Gasteiger charge is 2.20. The Bertz CT molecular complexity index is 711. The lowest BCUT2D eigenvalue weighted by Crippen LogP contribution is -2.24. The molecule has 0 aliphatic heterocycles. The van der Waals surface area contributed by atoms with Gasteiger partial charge in [-0.1, -0.05) is 11.3 Å². The van der Waals surface area contributed by atoms with E-state index in [1.807, 2.05) is 0 Å². The van der Waals surface area contributed by atoms with Gasteiger partial charge in [-0.3, -0.25) is 9.48 Å². The average Bonchev–Trinajstić information content (AvgIpc) is 2.82. The van der Waals surface area contributed by atoms with Gasteiger partial charge in [-0.25, -0.2) is 13.1 Å². The number of rotatable bonds is 4. The fourth-order valence-electron chi connectivity index (χ4n) is 1.34. The second-order valence-corrected chi connectivity index (χ2v) is 6.13. The molecule has 0 saturated heterocycles. The van der Waals surface area contributed by atoms with E-state index in [1.54, 1.807) is 12.4 Å². The van der Waals surface area contributed by atoms with Crippen molar-refractivity contribution < 1.29 is 8.42 Å². The average molecular weight is 289 g/mol. The maximum Gasteiger partial charge on any atom is 0.304 e. The molecule has 0 saturated carbocycles. The zero-order chi connectivity index (χ0) is 13.3. The monoisotopic (exact) mass is 289 g/mol. The highest BCUT2D eigenvalue weighted by atomic mass is 32.2. The third-order valence-electron chi connectivity index (χ3n) is 2.14. The summed E-state index contributed by atoms with van der Waals surface area (Å²) in [6.07, 6.45) is 1.31. The van der Waals surface area contributed by atoms with Crippen LogP contribution in [0.3, 0.4) is 0 Å². The Morgan fingerprint density at radius 3 is 2.83 bits per heavy atom. The van der Waals surface area contributed by atoms with Crippen molar-refractivity contribution >= 4 is 27.2 Å². The number of aryl methyl sites for hydroxylation is 1. The van der Waals surface area contributed by atoms with Crippen LogP contribution >= 0.6 is 11.3 Å². The van der Waals surface area contributed by atoms with Gasteiger partial charge in [-0.05, 0) is 0 Å². The molecule has 0 spiro atoms. The van der Waals surface area contributed by atoms with Crippen LogP contribution in [0.2, 0.25) is 0 Å². The summed E-state index contributed by atoms with van der Waals surface area (Å²) in [6.45, 7) is -0.00456. The first-order valence-corrected chi connectivity index (χ1v) is 7.20. The van der Waals surface area contributed by atoms with Crippen molar-refractivity contribution in [3.05, 3.63) is 26.9 Å². The summed E-state index contributed by atoms with van der Waals surface area (Å²) in [7, 11) is -2.16. The molecule has 0 unspecified atom stereocenters. The Balaban J connectivity index is 2.17. The predicted molar refractivity (Wildman–Crippen MR) is 66.6 cm³/mol. The Morgan fingerprint density at radius 2 is 2.33 bits per heavy atom. The number of nitrogen functional groups attached to an aromatic ring is 1. The lowest BCUT2D eigenvalue weighted by Gasteiger charge is -2.03. The number of nitrogens with zero attached hydrogens (tertiary/aromatic N) is 2. The minimum Gasteiger partial charge on any atom is -0.381 e. The first-order chi connectivity index (χ1) is 8.38. The van der Waals surface area contributed by atoms with Gasteiger partial charge in [-0.15, -0.1) is 0 Å². The van der Waals surface area contributed by atoms with Gasteiger partial charge in [-0.2, -0.15) is 5.10 Å². The van der Waals surface area contributed by atoms with Crippen molar-refractivity contribution in [3.63, 3.8) is 0 Å². The number of anilines is 1. The summed E-state index contributed by atoms with van der Waals surface area (Å²) in [5.41, 5.74) is 5.99. The molecule has 0 aliphatic rings. The molecule has 98 valence electrons. The number of nitrogens with two attached hydrogens (primary N) is 1. The molecule has 2 aromatic heterocycles. The molecule has 0 fully saturated rings. The lowest BCUT2D eigenvalue weighted by molar-refractivity contribution is 0.580. The Hall–Kier alpha value is -1.65. The van der Waals surface area contributed by atoms with Crippen molar-refractivity contribution in [2.75, 3.05) is 5.73 Å². The number of aromatic amines is 1. The first-order valence-electron chi connectivity index (χ1n) is 4.84. The van der Waals surface area contributed by atoms with Crippen LogP contribution in [0.5, 0.6) is 0 Å². The SMILES string of the molecule is Cn1cc(S(=O)(=O)NCc2csc(=O)[nH]2)c(N)n1. The van der Waals surface area contributed by atoms with Gasteiger partial charge in [0.1, 0.15) is 4.90 Å².